The van der Waals surface area contributed by atoms with Crippen molar-refractivity contribution in [2.24, 2.45) is 0 Å². The molecule has 0 aromatic carbocycles. The van der Waals surface area contributed by atoms with Gasteiger partial charge in [-0.25, -0.2) is 0 Å². The van der Waals surface area contributed by atoms with E-state index in [1.807, 2.05) is 0 Å². The average molecular weight is 138 g/mol. The van der Waals surface area contributed by atoms with Gasteiger partial charge in [0.2, 0.25) is 0 Å². The van der Waals surface area contributed by atoms with Gasteiger partial charge < -0.3 is 0 Å². The molecular formula is C10H18. The monoisotopic (exact) mass is 138 g/mol. The summed E-state index contributed by atoms with van der Waals surface area (Å²) in [7, 11) is 0. The van der Waals surface area contributed by atoms with Crippen molar-refractivity contribution >= 4 is 0 Å². The Kier molecular flexibility index (Phi) is 3.56. The zero-order valence-corrected chi connectivity index (χ0v) is 7.03. The highest BCUT2D eigenvalue weighted by atomic mass is 14.1. The Hall–Kier alpha value is -0.260. The first-order chi connectivity index (χ1) is 4.93. The first-order valence-electron chi connectivity index (χ1n) is 4.61. The van der Waals surface area contributed by atoms with E-state index >= 15 is 0 Å². The third-order valence-electron chi connectivity index (χ3n) is 2.24. The molecule has 10 heavy (non-hydrogen) atoms. The minimum Gasteiger partial charge on any atom is -0.0856 e. The van der Waals surface area contributed by atoms with Gasteiger partial charge in [-0.3, -0.25) is 0 Å². The van der Waals surface area contributed by atoms with Gasteiger partial charge in [0.05, 0.1) is 0 Å². The van der Waals surface area contributed by atoms with Crippen molar-refractivity contribution in [1.82, 2.24) is 0 Å². The molecule has 0 nitrogen and oxygen atoms in total. The van der Waals surface area contributed by atoms with Crippen LogP contribution in [-0.4, -0.2) is 0 Å². The summed E-state index contributed by atoms with van der Waals surface area (Å²) in [6.45, 7) is 2.23. The van der Waals surface area contributed by atoms with Gasteiger partial charge in [0.25, 0.3) is 0 Å². The smallest absolute Gasteiger partial charge is 0.0320 e. The summed E-state index contributed by atoms with van der Waals surface area (Å²) in [5.41, 5.74) is 1.72. The van der Waals surface area contributed by atoms with Gasteiger partial charge >= 0.3 is 0 Å². The van der Waals surface area contributed by atoms with Crippen LogP contribution in [0.4, 0.5) is 0 Å². The highest BCUT2D eigenvalue weighted by Gasteiger charge is 2.02. The molecule has 0 aromatic rings. The molecule has 0 bridgehead atoms. The summed E-state index contributed by atoms with van der Waals surface area (Å²) in [5, 5.41) is 0. The number of hydrogen-bond donors (Lipinski definition) is 0. The molecular weight excluding hydrogens is 120 g/mol. The number of rotatable bonds is 1. The molecule has 0 saturated heterocycles. The molecule has 0 aliphatic heterocycles. The number of allylic oxidation sites excluding steroid dienone is 2. The molecule has 1 rings (SSSR count). The van der Waals surface area contributed by atoms with Crippen molar-refractivity contribution in [2.75, 3.05) is 0 Å². The molecule has 58 valence electrons. The van der Waals surface area contributed by atoms with Crippen LogP contribution in [0.1, 0.15) is 51.9 Å². The summed E-state index contributed by atoms with van der Waals surface area (Å²) < 4.78 is 0. The zero-order valence-electron chi connectivity index (χ0n) is 7.03. The molecule has 1 fully saturated rings. The lowest BCUT2D eigenvalue weighted by Crippen LogP contribution is -1.79. The Labute approximate surface area is 64.3 Å². The van der Waals surface area contributed by atoms with Gasteiger partial charge in [-0.05, 0) is 32.1 Å². The van der Waals surface area contributed by atoms with Crippen molar-refractivity contribution in [3.63, 3.8) is 0 Å². The molecule has 0 heterocycles. The predicted octanol–water partition coefficient (Wildman–Crippen LogP) is 3.68. The number of hydrogen-bond acceptors (Lipinski definition) is 0. The van der Waals surface area contributed by atoms with Crippen LogP contribution in [0.2, 0.25) is 0 Å². The lowest BCUT2D eigenvalue weighted by atomic mass is 10.1. The largest absolute Gasteiger partial charge is 0.0856 e. The van der Waals surface area contributed by atoms with E-state index < -0.39 is 0 Å². The molecule has 0 radical (unpaired) electrons. The third-order valence-corrected chi connectivity index (χ3v) is 2.24. The van der Waals surface area contributed by atoms with Crippen molar-refractivity contribution in [2.45, 2.75) is 51.9 Å². The minimum atomic E-state index is 1.23. The van der Waals surface area contributed by atoms with Gasteiger partial charge in [-0.2, -0.15) is 0 Å². The first kappa shape index (κ1) is 7.84. The molecule has 0 N–H and O–H groups in total. The molecule has 0 aromatic heterocycles. The van der Waals surface area contributed by atoms with E-state index in [9.17, 15) is 0 Å². The van der Waals surface area contributed by atoms with Crippen LogP contribution in [0.25, 0.3) is 0 Å². The van der Waals surface area contributed by atoms with E-state index in [-0.39, 0.29) is 0 Å². The van der Waals surface area contributed by atoms with Gasteiger partial charge in [0.1, 0.15) is 0 Å². The Balaban J connectivity index is 2.35. The van der Waals surface area contributed by atoms with Crippen molar-refractivity contribution in [3.8, 4) is 0 Å². The van der Waals surface area contributed by atoms with Gasteiger partial charge in [0.15, 0.2) is 0 Å². The van der Waals surface area contributed by atoms with Crippen molar-refractivity contribution in [1.29, 1.82) is 0 Å². The Bertz CT molecular complexity index is 101. The lowest BCUT2D eigenvalue weighted by Gasteiger charge is -1.99. The van der Waals surface area contributed by atoms with Crippen LogP contribution >= 0.6 is 0 Å². The SMILES string of the molecule is CCC=C1CCCCCC1. The molecule has 1 aliphatic carbocycles. The fourth-order valence-electron chi connectivity index (χ4n) is 1.68. The second-order valence-corrected chi connectivity index (χ2v) is 3.18. The fraction of sp³-hybridized carbons (Fsp3) is 0.800. The van der Waals surface area contributed by atoms with Crippen LogP contribution < -0.4 is 0 Å². The van der Waals surface area contributed by atoms with Crippen LogP contribution in [0.15, 0.2) is 11.6 Å². The quantitative estimate of drug-likeness (QED) is 0.383. The van der Waals surface area contributed by atoms with Gasteiger partial charge in [-0.1, -0.05) is 31.4 Å². The van der Waals surface area contributed by atoms with Crippen LogP contribution in [0.5, 0.6) is 0 Å². The second kappa shape index (κ2) is 4.54. The van der Waals surface area contributed by atoms with Crippen LogP contribution in [0.3, 0.4) is 0 Å². The topological polar surface area (TPSA) is 0 Å². The Morgan fingerprint density at radius 2 is 1.70 bits per heavy atom. The minimum absolute atomic E-state index is 1.23. The van der Waals surface area contributed by atoms with Crippen LogP contribution in [0, 0.1) is 0 Å². The van der Waals surface area contributed by atoms with Gasteiger partial charge in [0, 0.05) is 0 Å². The zero-order chi connectivity index (χ0) is 7.23. The van der Waals surface area contributed by atoms with Crippen molar-refractivity contribution < 1.29 is 0 Å². The summed E-state index contributed by atoms with van der Waals surface area (Å²) in [6.07, 6.45) is 12.2. The van der Waals surface area contributed by atoms with E-state index in [2.05, 4.69) is 13.0 Å². The highest BCUT2D eigenvalue weighted by molar-refractivity contribution is 5.02. The van der Waals surface area contributed by atoms with E-state index in [0.717, 1.165) is 0 Å². The molecule has 1 saturated carbocycles. The summed E-state index contributed by atoms with van der Waals surface area (Å²) >= 11 is 0. The normalized spacial score (nSPS) is 20.3. The third kappa shape index (κ3) is 2.55. The predicted molar refractivity (Wildman–Crippen MR) is 46.1 cm³/mol. The van der Waals surface area contributed by atoms with Gasteiger partial charge in [-0.15, -0.1) is 0 Å². The van der Waals surface area contributed by atoms with E-state index in [0.29, 0.717) is 0 Å². The van der Waals surface area contributed by atoms with Crippen molar-refractivity contribution in [3.05, 3.63) is 11.6 Å². The molecule has 1 aliphatic rings. The fourth-order valence-corrected chi connectivity index (χ4v) is 1.68. The van der Waals surface area contributed by atoms with E-state index in [4.69, 9.17) is 0 Å². The second-order valence-electron chi connectivity index (χ2n) is 3.18. The Morgan fingerprint density at radius 1 is 1.10 bits per heavy atom. The molecule has 0 amide bonds. The maximum Gasteiger partial charge on any atom is -0.0320 e. The summed E-state index contributed by atoms with van der Waals surface area (Å²) in [4.78, 5) is 0. The summed E-state index contributed by atoms with van der Waals surface area (Å²) in [6, 6.07) is 0. The highest BCUT2D eigenvalue weighted by Crippen LogP contribution is 2.21. The van der Waals surface area contributed by atoms with Crippen LogP contribution in [-0.2, 0) is 0 Å². The standard InChI is InChI=1S/C10H18/c1-2-7-10-8-5-3-4-6-9-10/h7H,2-6,8-9H2,1H3. The average Bonchev–Trinajstić information content (AvgIpc) is 2.17. The lowest BCUT2D eigenvalue weighted by molar-refractivity contribution is 0.702. The maximum absolute atomic E-state index is 2.42. The molecule has 0 unspecified atom stereocenters. The molecule has 0 atom stereocenters. The Morgan fingerprint density at radius 3 is 2.20 bits per heavy atom. The molecule has 0 heteroatoms. The molecule has 0 spiro atoms. The first-order valence-corrected chi connectivity index (χ1v) is 4.61. The van der Waals surface area contributed by atoms with E-state index in [1.54, 1.807) is 5.57 Å². The summed E-state index contributed by atoms with van der Waals surface area (Å²) in [5.74, 6) is 0. The maximum atomic E-state index is 2.42. The van der Waals surface area contributed by atoms with E-state index in [1.165, 1.54) is 44.9 Å².